The average molecular weight is 435 g/mol. The van der Waals surface area contributed by atoms with Gasteiger partial charge in [-0.1, -0.05) is 12.1 Å². The Morgan fingerprint density at radius 1 is 1.26 bits per heavy atom. The van der Waals surface area contributed by atoms with Crippen molar-refractivity contribution in [1.82, 2.24) is 15.5 Å². The Kier molecular flexibility index (Phi) is 6.57. The molecule has 1 fully saturated rings. The van der Waals surface area contributed by atoms with Gasteiger partial charge in [-0.25, -0.2) is 4.79 Å². The Morgan fingerprint density at radius 3 is 2.58 bits per heavy atom. The monoisotopic (exact) mass is 435 g/mol. The van der Waals surface area contributed by atoms with E-state index in [2.05, 4.69) is 15.4 Å². The molecule has 1 aliphatic heterocycles. The molecule has 0 spiro atoms. The lowest BCUT2D eigenvalue weighted by Gasteiger charge is -2.22. The molecular weight excluding hydrogens is 412 g/mol. The molecule has 0 radical (unpaired) electrons. The number of hydrogen-bond acceptors (Lipinski definition) is 5. The maximum Gasteiger partial charge on any atom is 0.387 e. The summed E-state index contributed by atoms with van der Waals surface area (Å²) < 4.78 is 34.0. The number of ether oxygens (including phenoxy) is 1. The number of carbonyl (C=O) groups excluding carboxylic acids is 3. The molecule has 2 atom stereocenters. The van der Waals surface area contributed by atoms with Gasteiger partial charge < -0.3 is 19.8 Å². The molecule has 4 amide bonds. The number of amides is 4. The zero-order chi connectivity index (χ0) is 22.6. The molecule has 3 rings (SSSR count). The van der Waals surface area contributed by atoms with Crippen LogP contribution in [0.3, 0.4) is 0 Å². The highest BCUT2D eigenvalue weighted by Gasteiger charge is 2.47. The van der Waals surface area contributed by atoms with Crippen molar-refractivity contribution in [3.63, 3.8) is 0 Å². The van der Waals surface area contributed by atoms with E-state index in [1.807, 2.05) is 0 Å². The number of benzene rings is 1. The number of rotatable bonds is 9. The zero-order valence-electron chi connectivity index (χ0n) is 17.1. The SMILES string of the molecule is CC(NC(=O)CN1C(=O)NC(C)(CCc2ccc(OC(F)F)cc2)C1=O)c1ccco1. The molecule has 1 aromatic carbocycles. The molecule has 1 aromatic heterocycles. The molecule has 8 nitrogen and oxygen atoms in total. The van der Waals surface area contributed by atoms with Gasteiger partial charge in [-0.3, -0.25) is 14.5 Å². The maximum absolute atomic E-state index is 12.8. The van der Waals surface area contributed by atoms with Gasteiger partial charge >= 0.3 is 12.6 Å². The van der Waals surface area contributed by atoms with Crippen LogP contribution in [0, 0.1) is 0 Å². The van der Waals surface area contributed by atoms with E-state index in [0.717, 1.165) is 10.5 Å². The number of nitrogens with zero attached hydrogens (tertiary/aromatic N) is 1. The smallest absolute Gasteiger partial charge is 0.387 e. The van der Waals surface area contributed by atoms with Crippen LogP contribution in [0.4, 0.5) is 13.6 Å². The largest absolute Gasteiger partial charge is 0.467 e. The lowest BCUT2D eigenvalue weighted by atomic mass is 9.93. The predicted molar refractivity (Wildman–Crippen MR) is 105 cm³/mol. The van der Waals surface area contributed by atoms with Crippen molar-refractivity contribution in [3.8, 4) is 5.75 Å². The van der Waals surface area contributed by atoms with Crippen molar-refractivity contribution in [2.24, 2.45) is 0 Å². The lowest BCUT2D eigenvalue weighted by Crippen LogP contribution is -2.45. The lowest BCUT2D eigenvalue weighted by molar-refractivity contribution is -0.135. The Hall–Kier alpha value is -3.43. The van der Waals surface area contributed by atoms with Crippen LogP contribution in [0.5, 0.6) is 5.75 Å². The zero-order valence-corrected chi connectivity index (χ0v) is 17.1. The first kappa shape index (κ1) is 22.3. The number of furan rings is 1. The molecule has 0 saturated carbocycles. The number of halogens is 2. The van der Waals surface area contributed by atoms with Crippen molar-refractivity contribution in [2.75, 3.05) is 6.54 Å². The van der Waals surface area contributed by atoms with E-state index in [1.54, 1.807) is 38.1 Å². The molecule has 2 unspecified atom stereocenters. The second-order valence-corrected chi connectivity index (χ2v) is 7.48. The number of aryl methyl sites for hydroxylation is 1. The summed E-state index contributed by atoms with van der Waals surface area (Å²) in [6, 6.07) is 8.40. The number of nitrogens with one attached hydrogen (secondary N) is 2. The normalized spacial score (nSPS) is 19.5. The van der Waals surface area contributed by atoms with Gasteiger partial charge in [0.2, 0.25) is 5.91 Å². The van der Waals surface area contributed by atoms with E-state index in [-0.39, 0.29) is 12.2 Å². The van der Waals surface area contributed by atoms with Crippen LogP contribution in [-0.2, 0) is 16.0 Å². The fourth-order valence-corrected chi connectivity index (χ4v) is 3.33. The maximum atomic E-state index is 12.8. The fourth-order valence-electron chi connectivity index (χ4n) is 3.33. The minimum absolute atomic E-state index is 0.0381. The summed E-state index contributed by atoms with van der Waals surface area (Å²) in [7, 11) is 0. The van der Waals surface area contributed by atoms with Crippen LogP contribution in [0.25, 0.3) is 0 Å². The molecule has 0 aliphatic carbocycles. The average Bonchev–Trinajstić information content (AvgIpc) is 3.31. The first-order valence-electron chi connectivity index (χ1n) is 9.68. The number of urea groups is 1. The van der Waals surface area contributed by atoms with E-state index in [4.69, 9.17) is 4.42 Å². The molecule has 2 N–H and O–H groups in total. The van der Waals surface area contributed by atoms with Gasteiger partial charge in [0, 0.05) is 0 Å². The number of imide groups is 1. The summed E-state index contributed by atoms with van der Waals surface area (Å²) in [5, 5.41) is 5.32. The summed E-state index contributed by atoms with van der Waals surface area (Å²) >= 11 is 0. The number of alkyl halides is 2. The highest BCUT2D eigenvalue weighted by molar-refractivity contribution is 6.08. The molecule has 1 saturated heterocycles. The molecule has 2 aromatic rings. The topological polar surface area (TPSA) is 101 Å². The van der Waals surface area contributed by atoms with Crippen LogP contribution in [0.2, 0.25) is 0 Å². The summed E-state index contributed by atoms with van der Waals surface area (Å²) in [5.41, 5.74) is -0.393. The van der Waals surface area contributed by atoms with Crippen molar-refractivity contribution in [3.05, 3.63) is 54.0 Å². The van der Waals surface area contributed by atoms with Gasteiger partial charge in [-0.15, -0.1) is 0 Å². The van der Waals surface area contributed by atoms with Gasteiger partial charge in [0.15, 0.2) is 0 Å². The third kappa shape index (κ3) is 5.39. The summed E-state index contributed by atoms with van der Waals surface area (Å²) in [5.74, 6) is -0.404. The summed E-state index contributed by atoms with van der Waals surface area (Å²) in [4.78, 5) is 38.3. The van der Waals surface area contributed by atoms with E-state index < -0.39 is 42.6 Å². The van der Waals surface area contributed by atoms with E-state index >= 15 is 0 Å². The van der Waals surface area contributed by atoms with Gasteiger partial charge in [0.25, 0.3) is 5.91 Å². The minimum atomic E-state index is -2.90. The highest BCUT2D eigenvalue weighted by atomic mass is 19.3. The van der Waals surface area contributed by atoms with Gasteiger partial charge in [-0.2, -0.15) is 8.78 Å². The van der Waals surface area contributed by atoms with Crippen molar-refractivity contribution >= 4 is 17.8 Å². The van der Waals surface area contributed by atoms with Crippen LogP contribution in [-0.4, -0.2) is 41.4 Å². The van der Waals surface area contributed by atoms with Crippen molar-refractivity contribution in [1.29, 1.82) is 0 Å². The Labute approximate surface area is 177 Å². The first-order chi connectivity index (χ1) is 14.7. The standard InChI is InChI=1S/C21H23F2N3O5/c1-13(16-4-3-11-30-16)24-17(27)12-26-18(28)21(2,25-20(26)29)10-9-14-5-7-15(8-6-14)31-19(22)23/h3-8,11,13,19H,9-10,12H2,1-2H3,(H,24,27)(H,25,29). The van der Waals surface area contributed by atoms with Gasteiger partial charge in [0.1, 0.15) is 23.6 Å². The van der Waals surface area contributed by atoms with Gasteiger partial charge in [-0.05, 0) is 56.5 Å². The molecule has 0 bridgehead atoms. The van der Waals surface area contributed by atoms with Crippen LogP contribution < -0.4 is 15.4 Å². The minimum Gasteiger partial charge on any atom is -0.467 e. The molecule has 166 valence electrons. The Bertz CT molecular complexity index is 933. The fraction of sp³-hybridized carbons (Fsp3) is 0.381. The van der Waals surface area contributed by atoms with Crippen LogP contribution >= 0.6 is 0 Å². The molecular formula is C21H23F2N3O5. The molecule has 10 heteroatoms. The van der Waals surface area contributed by atoms with Gasteiger partial charge in [0.05, 0.1) is 12.3 Å². The first-order valence-corrected chi connectivity index (χ1v) is 9.68. The number of hydrogen-bond donors (Lipinski definition) is 2. The van der Waals surface area contributed by atoms with E-state index in [9.17, 15) is 23.2 Å². The molecule has 2 heterocycles. The predicted octanol–water partition coefficient (Wildman–Crippen LogP) is 3.00. The third-order valence-corrected chi connectivity index (χ3v) is 5.06. The summed E-state index contributed by atoms with van der Waals surface area (Å²) in [6.45, 7) is 0.00144. The highest BCUT2D eigenvalue weighted by Crippen LogP contribution is 2.24. The second-order valence-electron chi connectivity index (χ2n) is 7.48. The van der Waals surface area contributed by atoms with E-state index in [1.165, 1.54) is 18.4 Å². The van der Waals surface area contributed by atoms with Crippen LogP contribution in [0.1, 0.15) is 37.6 Å². The Balaban J connectivity index is 1.56. The third-order valence-electron chi connectivity index (χ3n) is 5.06. The second kappa shape index (κ2) is 9.15. The Morgan fingerprint density at radius 2 is 1.97 bits per heavy atom. The van der Waals surface area contributed by atoms with Crippen molar-refractivity contribution in [2.45, 2.75) is 44.9 Å². The number of carbonyl (C=O) groups is 3. The molecule has 31 heavy (non-hydrogen) atoms. The quantitative estimate of drug-likeness (QED) is 0.590. The van der Waals surface area contributed by atoms with E-state index in [0.29, 0.717) is 12.2 Å². The molecule has 1 aliphatic rings. The summed E-state index contributed by atoms with van der Waals surface area (Å²) in [6.07, 6.45) is 2.17. The van der Waals surface area contributed by atoms with Crippen molar-refractivity contribution < 1.29 is 32.3 Å². The van der Waals surface area contributed by atoms with Crippen LogP contribution in [0.15, 0.2) is 47.1 Å².